The summed E-state index contributed by atoms with van der Waals surface area (Å²) in [4.78, 5) is 0. The number of rotatable bonds is 5. The van der Waals surface area contributed by atoms with E-state index in [1.807, 2.05) is 18.7 Å². The highest BCUT2D eigenvalue weighted by molar-refractivity contribution is 7.99. The second kappa shape index (κ2) is 5.71. The number of hydrogen-bond donors (Lipinski definition) is 0. The molecule has 90 valence electrons. The van der Waals surface area contributed by atoms with Gasteiger partial charge in [0.25, 0.3) is 0 Å². The van der Waals surface area contributed by atoms with E-state index in [1.165, 1.54) is 31.4 Å². The SMILES string of the molecule is CCc1nnc([C@H](C)SCC2CCCC2)o1. The van der Waals surface area contributed by atoms with Gasteiger partial charge in [-0.25, -0.2) is 0 Å². The van der Waals surface area contributed by atoms with Crippen LogP contribution in [-0.4, -0.2) is 16.0 Å². The minimum Gasteiger partial charge on any atom is -0.424 e. The van der Waals surface area contributed by atoms with Gasteiger partial charge in [0, 0.05) is 6.42 Å². The van der Waals surface area contributed by atoms with Gasteiger partial charge in [0.05, 0.1) is 5.25 Å². The maximum absolute atomic E-state index is 5.57. The monoisotopic (exact) mass is 240 g/mol. The third-order valence-corrected chi connectivity index (χ3v) is 4.55. The second-order valence-corrected chi connectivity index (χ2v) is 5.89. The molecule has 0 unspecified atom stereocenters. The van der Waals surface area contributed by atoms with Crippen LogP contribution < -0.4 is 0 Å². The minimum atomic E-state index is 0.341. The highest BCUT2D eigenvalue weighted by Crippen LogP contribution is 2.34. The van der Waals surface area contributed by atoms with Crippen molar-refractivity contribution in [1.82, 2.24) is 10.2 Å². The Morgan fingerprint density at radius 3 is 2.75 bits per heavy atom. The summed E-state index contributed by atoms with van der Waals surface area (Å²) in [6, 6.07) is 0. The lowest BCUT2D eigenvalue weighted by Crippen LogP contribution is -1.99. The van der Waals surface area contributed by atoms with Gasteiger partial charge in [-0.15, -0.1) is 22.0 Å². The molecule has 0 amide bonds. The molecule has 0 aromatic carbocycles. The average molecular weight is 240 g/mol. The van der Waals surface area contributed by atoms with Crippen molar-refractivity contribution in [3.8, 4) is 0 Å². The quantitative estimate of drug-likeness (QED) is 0.788. The third kappa shape index (κ3) is 3.00. The van der Waals surface area contributed by atoms with Gasteiger partial charge in [0.15, 0.2) is 0 Å². The molecule has 0 N–H and O–H groups in total. The molecule has 0 radical (unpaired) electrons. The molecular weight excluding hydrogens is 220 g/mol. The molecule has 0 bridgehead atoms. The average Bonchev–Trinajstić information content (AvgIpc) is 2.96. The Hall–Kier alpha value is -0.510. The van der Waals surface area contributed by atoms with E-state index < -0.39 is 0 Å². The zero-order valence-electron chi connectivity index (χ0n) is 10.1. The standard InChI is InChI=1S/C12H20N2OS/c1-3-11-13-14-12(15-11)9(2)16-8-10-6-4-5-7-10/h9-10H,3-8H2,1-2H3/t9-/m0/s1. The Labute approximate surface area is 101 Å². The van der Waals surface area contributed by atoms with Crippen molar-refractivity contribution < 1.29 is 4.42 Å². The lowest BCUT2D eigenvalue weighted by molar-refractivity contribution is 0.456. The first kappa shape index (κ1) is 12.0. The molecule has 1 fully saturated rings. The van der Waals surface area contributed by atoms with Crippen LogP contribution in [0.5, 0.6) is 0 Å². The fourth-order valence-electron chi connectivity index (χ4n) is 2.10. The van der Waals surface area contributed by atoms with E-state index in [2.05, 4.69) is 17.1 Å². The molecule has 1 aliphatic rings. The molecule has 1 saturated carbocycles. The van der Waals surface area contributed by atoms with Gasteiger partial charge in [-0.05, 0) is 31.4 Å². The van der Waals surface area contributed by atoms with E-state index in [0.29, 0.717) is 5.25 Å². The first-order valence-corrected chi connectivity index (χ1v) is 7.28. The summed E-state index contributed by atoms with van der Waals surface area (Å²) in [6.45, 7) is 4.19. The van der Waals surface area contributed by atoms with Crippen LogP contribution in [0.25, 0.3) is 0 Å². The van der Waals surface area contributed by atoms with Crippen molar-refractivity contribution >= 4 is 11.8 Å². The van der Waals surface area contributed by atoms with Gasteiger partial charge < -0.3 is 4.42 Å². The predicted octanol–water partition coefficient (Wildman–Crippen LogP) is 3.62. The zero-order chi connectivity index (χ0) is 11.4. The molecule has 1 heterocycles. The Morgan fingerprint density at radius 1 is 1.38 bits per heavy atom. The molecule has 1 aromatic heterocycles. The number of hydrogen-bond acceptors (Lipinski definition) is 4. The van der Waals surface area contributed by atoms with E-state index in [4.69, 9.17) is 4.42 Å². The highest BCUT2D eigenvalue weighted by atomic mass is 32.2. The number of thioether (sulfide) groups is 1. The van der Waals surface area contributed by atoms with Gasteiger partial charge in [-0.2, -0.15) is 0 Å². The van der Waals surface area contributed by atoms with Gasteiger partial charge in [0.2, 0.25) is 11.8 Å². The zero-order valence-corrected chi connectivity index (χ0v) is 10.9. The van der Waals surface area contributed by atoms with Crippen LogP contribution in [-0.2, 0) is 6.42 Å². The van der Waals surface area contributed by atoms with E-state index in [0.717, 1.165) is 24.1 Å². The molecule has 4 heteroatoms. The molecule has 1 aromatic rings. The van der Waals surface area contributed by atoms with Crippen molar-refractivity contribution in [2.45, 2.75) is 51.2 Å². The van der Waals surface area contributed by atoms with Crippen molar-refractivity contribution in [2.24, 2.45) is 5.92 Å². The van der Waals surface area contributed by atoms with Gasteiger partial charge in [-0.3, -0.25) is 0 Å². The number of nitrogens with zero attached hydrogens (tertiary/aromatic N) is 2. The summed E-state index contributed by atoms with van der Waals surface area (Å²) in [5.41, 5.74) is 0. The summed E-state index contributed by atoms with van der Waals surface area (Å²) < 4.78 is 5.57. The first-order chi connectivity index (χ1) is 7.79. The summed E-state index contributed by atoms with van der Waals surface area (Å²) in [5, 5.41) is 8.44. The summed E-state index contributed by atoms with van der Waals surface area (Å²) in [7, 11) is 0. The van der Waals surface area contributed by atoms with Crippen LogP contribution in [0, 0.1) is 5.92 Å². The van der Waals surface area contributed by atoms with Crippen LogP contribution in [0.4, 0.5) is 0 Å². The summed E-state index contributed by atoms with van der Waals surface area (Å²) >= 11 is 1.95. The van der Waals surface area contributed by atoms with Crippen LogP contribution in [0.1, 0.15) is 56.6 Å². The molecule has 0 spiro atoms. The maximum Gasteiger partial charge on any atom is 0.229 e. The fraction of sp³-hybridized carbons (Fsp3) is 0.833. The van der Waals surface area contributed by atoms with E-state index >= 15 is 0 Å². The fourth-order valence-corrected chi connectivity index (χ4v) is 3.23. The molecule has 2 rings (SSSR count). The topological polar surface area (TPSA) is 38.9 Å². The van der Waals surface area contributed by atoms with Gasteiger partial charge in [-0.1, -0.05) is 19.8 Å². The lowest BCUT2D eigenvalue weighted by Gasteiger charge is -2.11. The number of aromatic nitrogens is 2. The minimum absolute atomic E-state index is 0.341. The van der Waals surface area contributed by atoms with E-state index in [-0.39, 0.29) is 0 Å². The Morgan fingerprint density at radius 2 is 2.12 bits per heavy atom. The summed E-state index contributed by atoms with van der Waals surface area (Å²) in [6.07, 6.45) is 6.47. The highest BCUT2D eigenvalue weighted by Gasteiger charge is 2.19. The summed E-state index contributed by atoms with van der Waals surface area (Å²) in [5.74, 6) is 3.70. The second-order valence-electron chi connectivity index (χ2n) is 4.51. The van der Waals surface area contributed by atoms with Crippen molar-refractivity contribution in [3.05, 3.63) is 11.8 Å². The smallest absolute Gasteiger partial charge is 0.229 e. The molecule has 0 saturated heterocycles. The first-order valence-electron chi connectivity index (χ1n) is 6.23. The lowest BCUT2D eigenvalue weighted by atomic mass is 10.1. The number of aryl methyl sites for hydroxylation is 1. The molecular formula is C12H20N2OS. The van der Waals surface area contributed by atoms with Crippen molar-refractivity contribution in [2.75, 3.05) is 5.75 Å². The van der Waals surface area contributed by atoms with Crippen molar-refractivity contribution in [1.29, 1.82) is 0 Å². The Bertz CT molecular complexity index is 321. The molecule has 0 aliphatic heterocycles. The molecule has 16 heavy (non-hydrogen) atoms. The Balaban J connectivity index is 1.80. The van der Waals surface area contributed by atoms with Crippen LogP contribution in [0.2, 0.25) is 0 Å². The predicted molar refractivity (Wildman–Crippen MR) is 66.5 cm³/mol. The molecule has 1 aliphatic carbocycles. The van der Waals surface area contributed by atoms with E-state index in [9.17, 15) is 0 Å². The maximum atomic E-state index is 5.57. The molecule has 1 atom stereocenters. The van der Waals surface area contributed by atoms with Crippen molar-refractivity contribution in [3.63, 3.8) is 0 Å². The van der Waals surface area contributed by atoms with Gasteiger partial charge in [0.1, 0.15) is 0 Å². The van der Waals surface area contributed by atoms with Crippen LogP contribution in [0.3, 0.4) is 0 Å². The van der Waals surface area contributed by atoms with Gasteiger partial charge >= 0.3 is 0 Å². The largest absolute Gasteiger partial charge is 0.424 e. The Kier molecular flexibility index (Phi) is 4.27. The normalized spacial score (nSPS) is 19.1. The van der Waals surface area contributed by atoms with Crippen LogP contribution >= 0.6 is 11.8 Å². The van der Waals surface area contributed by atoms with E-state index in [1.54, 1.807) is 0 Å². The van der Waals surface area contributed by atoms with Crippen LogP contribution in [0.15, 0.2) is 4.42 Å². The molecule has 3 nitrogen and oxygen atoms in total. The third-order valence-electron chi connectivity index (χ3n) is 3.19.